The van der Waals surface area contributed by atoms with Gasteiger partial charge in [-0.15, -0.1) is 0 Å². The van der Waals surface area contributed by atoms with E-state index in [4.69, 9.17) is 0 Å². The molecule has 2 aromatic carbocycles. The molecule has 0 unspecified atom stereocenters. The van der Waals surface area contributed by atoms with Crippen molar-refractivity contribution < 1.29 is 13.2 Å². The summed E-state index contributed by atoms with van der Waals surface area (Å²) in [5, 5.41) is 4.03. The number of hydrogen-bond donors (Lipinski definition) is 3. The lowest BCUT2D eigenvalue weighted by Gasteiger charge is -2.08. The van der Waals surface area contributed by atoms with Crippen LogP contribution in [-0.2, 0) is 16.4 Å². The maximum Gasteiger partial charge on any atom is 0.251 e. The van der Waals surface area contributed by atoms with E-state index in [0.717, 1.165) is 22.9 Å². The predicted molar refractivity (Wildman–Crippen MR) is 106 cm³/mol. The number of nitrogens with one attached hydrogen (secondary N) is 3. The summed E-state index contributed by atoms with van der Waals surface area (Å²) in [6, 6.07) is 14.0. The summed E-state index contributed by atoms with van der Waals surface area (Å²) in [5.41, 5.74) is 2.66. The fraction of sp³-hybridized carbons (Fsp3) is 0.250. The van der Waals surface area contributed by atoms with Crippen LogP contribution in [0.5, 0.6) is 0 Å². The Hall–Kier alpha value is -2.64. The highest BCUT2D eigenvalue weighted by Gasteiger charge is 2.14. The van der Waals surface area contributed by atoms with E-state index in [-0.39, 0.29) is 10.8 Å². The number of rotatable bonds is 8. The Morgan fingerprint density at radius 3 is 2.52 bits per heavy atom. The summed E-state index contributed by atoms with van der Waals surface area (Å²) in [4.78, 5) is 15.7. The third-order valence-corrected chi connectivity index (χ3v) is 5.80. The number of carbonyl (C=O) groups is 1. The molecule has 142 valence electrons. The Morgan fingerprint density at radius 1 is 1.04 bits per heavy atom. The number of amides is 1. The summed E-state index contributed by atoms with van der Waals surface area (Å²) in [5.74, 6) is -0.222. The second-order valence-electron chi connectivity index (χ2n) is 6.29. The first-order chi connectivity index (χ1) is 13.0. The highest BCUT2D eigenvalue weighted by molar-refractivity contribution is 7.89. The number of aromatic amines is 1. The molecule has 7 heteroatoms. The molecule has 3 rings (SSSR count). The normalized spacial score (nSPS) is 11.6. The van der Waals surface area contributed by atoms with Crippen LogP contribution in [-0.4, -0.2) is 32.4 Å². The number of fused-ring (bicyclic) bond motifs is 1. The average molecular weight is 385 g/mol. The predicted octanol–water partition coefficient (Wildman–Crippen LogP) is 2.83. The van der Waals surface area contributed by atoms with Gasteiger partial charge >= 0.3 is 0 Å². The zero-order valence-corrected chi connectivity index (χ0v) is 16.0. The van der Waals surface area contributed by atoms with Gasteiger partial charge in [0.15, 0.2) is 0 Å². The minimum Gasteiger partial charge on any atom is -0.361 e. The molecule has 6 nitrogen and oxygen atoms in total. The Kier molecular flexibility index (Phi) is 5.93. The van der Waals surface area contributed by atoms with Gasteiger partial charge in [-0.05, 0) is 48.7 Å². The molecule has 3 N–H and O–H groups in total. The van der Waals surface area contributed by atoms with E-state index < -0.39 is 10.0 Å². The summed E-state index contributed by atoms with van der Waals surface area (Å²) in [7, 11) is -3.52. The Labute approximate surface area is 159 Å². The van der Waals surface area contributed by atoms with E-state index in [2.05, 4.69) is 21.1 Å². The molecule has 0 saturated heterocycles. The molecule has 1 aromatic heterocycles. The molecular weight excluding hydrogens is 362 g/mol. The number of aromatic nitrogens is 1. The van der Waals surface area contributed by atoms with Crippen LogP contribution in [0.1, 0.15) is 29.3 Å². The van der Waals surface area contributed by atoms with Crippen molar-refractivity contribution in [1.29, 1.82) is 0 Å². The molecule has 1 amide bonds. The van der Waals surface area contributed by atoms with Crippen molar-refractivity contribution in [2.45, 2.75) is 24.7 Å². The number of carbonyl (C=O) groups excluding carboxylic acids is 1. The van der Waals surface area contributed by atoms with E-state index in [1.165, 1.54) is 24.3 Å². The number of benzene rings is 2. The highest BCUT2D eigenvalue weighted by atomic mass is 32.2. The smallest absolute Gasteiger partial charge is 0.251 e. The average Bonchev–Trinajstić information content (AvgIpc) is 3.10. The Bertz CT molecular complexity index is 1020. The van der Waals surface area contributed by atoms with Crippen LogP contribution in [0.15, 0.2) is 59.6 Å². The molecular formula is C20H23N3O3S. The minimum absolute atomic E-state index is 0.159. The third-order valence-electron chi connectivity index (χ3n) is 4.32. The van der Waals surface area contributed by atoms with Gasteiger partial charge in [0.2, 0.25) is 10.0 Å². The van der Waals surface area contributed by atoms with E-state index in [1.807, 2.05) is 31.3 Å². The molecule has 0 spiro atoms. The molecule has 0 aliphatic heterocycles. The van der Waals surface area contributed by atoms with Crippen molar-refractivity contribution in [1.82, 2.24) is 15.0 Å². The van der Waals surface area contributed by atoms with Gasteiger partial charge in [0.05, 0.1) is 4.90 Å². The largest absolute Gasteiger partial charge is 0.361 e. The first-order valence-corrected chi connectivity index (χ1v) is 10.4. The fourth-order valence-corrected chi connectivity index (χ4v) is 3.99. The van der Waals surface area contributed by atoms with E-state index in [1.54, 1.807) is 0 Å². The van der Waals surface area contributed by atoms with Crippen molar-refractivity contribution in [3.63, 3.8) is 0 Å². The molecule has 1 heterocycles. The molecule has 0 saturated carbocycles. The van der Waals surface area contributed by atoms with Crippen molar-refractivity contribution >= 4 is 26.8 Å². The SMILES string of the molecule is CCCNS(=O)(=O)c1ccc(C(=O)NCCc2c[nH]c3ccccc23)cc1. The summed E-state index contributed by atoms with van der Waals surface area (Å²) in [6.07, 6.45) is 3.39. The molecule has 0 fully saturated rings. The summed E-state index contributed by atoms with van der Waals surface area (Å²) < 4.78 is 26.6. The van der Waals surface area contributed by atoms with Crippen LogP contribution in [0.4, 0.5) is 0 Å². The van der Waals surface area contributed by atoms with Crippen molar-refractivity contribution in [2.75, 3.05) is 13.1 Å². The summed E-state index contributed by atoms with van der Waals surface area (Å²) in [6.45, 7) is 2.78. The molecule has 3 aromatic rings. The lowest BCUT2D eigenvalue weighted by atomic mass is 10.1. The minimum atomic E-state index is -3.52. The zero-order chi connectivity index (χ0) is 19.3. The second-order valence-corrected chi connectivity index (χ2v) is 8.05. The number of para-hydroxylation sites is 1. The first kappa shape index (κ1) is 19.1. The Morgan fingerprint density at radius 2 is 1.78 bits per heavy atom. The van der Waals surface area contributed by atoms with Crippen LogP contribution < -0.4 is 10.0 Å². The molecule has 0 atom stereocenters. The maximum atomic E-state index is 12.3. The summed E-state index contributed by atoms with van der Waals surface area (Å²) >= 11 is 0. The second kappa shape index (κ2) is 8.37. The van der Waals surface area contributed by atoms with E-state index in [0.29, 0.717) is 25.1 Å². The van der Waals surface area contributed by atoms with Gasteiger partial charge in [-0.3, -0.25) is 4.79 Å². The van der Waals surface area contributed by atoms with Crippen molar-refractivity contribution in [3.05, 3.63) is 65.9 Å². The van der Waals surface area contributed by atoms with Gasteiger partial charge in [0.1, 0.15) is 0 Å². The number of sulfonamides is 1. The van der Waals surface area contributed by atoms with Crippen molar-refractivity contribution in [3.8, 4) is 0 Å². The van der Waals surface area contributed by atoms with Crippen LogP contribution in [0.3, 0.4) is 0 Å². The first-order valence-electron chi connectivity index (χ1n) is 8.94. The lowest BCUT2D eigenvalue weighted by molar-refractivity contribution is 0.0954. The monoisotopic (exact) mass is 385 g/mol. The quantitative estimate of drug-likeness (QED) is 0.557. The van der Waals surface area contributed by atoms with Crippen LogP contribution >= 0.6 is 0 Å². The lowest BCUT2D eigenvalue weighted by Crippen LogP contribution is -2.26. The molecule has 0 bridgehead atoms. The highest BCUT2D eigenvalue weighted by Crippen LogP contribution is 2.17. The number of hydrogen-bond acceptors (Lipinski definition) is 3. The van der Waals surface area contributed by atoms with E-state index >= 15 is 0 Å². The van der Waals surface area contributed by atoms with Crippen molar-refractivity contribution in [2.24, 2.45) is 0 Å². The Balaban J connectivity index is 1.58. The van der Waals surface area contributed by atoms with Gasteiger partial charge in [-0.1, -0.05) is 25.1 Å². The van der Waals surface area contributed by atoms with Crippen LogP contribution in [0, 0.1) is 0 Å². The molecule has 0 aliphatic rings. The molecule has 0 aliphatic carbocycles. The van der Waals surface area contributed by atoms with Gasteiger partial charge in [0.25, 0.3) is 5.91 Å². The molecule has 0 radical (unpaired) electrons. The fourth-order valence-electron chi connectivity index (χ4n) is 2.86. The maximum absolute atomic E-state index is 12.3. The van der Waals surface area contributed by atoms with Gasteiger partial charge < -0.3 is 10.3 Å². The van der Waals surface area contributed by atoms with E-state index in [9.17, 15) is 13.2 Å². The van der Waals surface area contributed by atoms with Gasteiger partial charge in [0, 0.05) is 35.8 Å². The van der Waals surface area contributed by atoms with Gasteiger partial charge in [-0.25, -0.2) is 13.1 Å². The zero-order valence-electron chi connectivity index (χ0n) is 15.2. The standard InChI is InChI=1S/C20H23N3O3S/c1-2-12-23-27(25,26)17-9-7-15(8-10-17)20(24)21-13-11-16-14-22-19-6-4-3-5-18(16)19/h3-10,14,22-23H,2,11-13H2,1H3,(H,21,24). The van der Waals surface area contributed by atoms with Gasteiger partial charge in [-0.2, -0.15) is 0 Å². The third kappa shape index (κ3) is 4.56. The molecule has 27 heavy (non-hydrogen) atoms. The number of H-pyrrole nitrogens is 1. The topological polar surface area (TPSA) is 91.1 Å². The van der Waals surface area contributed by atoms with Crippen LogP contribution in [0.25, 0.3) is 10.9 Å². The van der Waals surface area contributed by atoms with Crippen LogP contribution in [0.2, 0.25) is 0 Å².